The minimum atomic E-state index is -4.51. The first kappa shape index (κ1) is 25.4. The van der Waals surface area contributed by atoms with Crippen LogP contribution in [0.4, 0.5) is 22.0 Å². The molecule has 0 spiro atoms. The Bertz CT molecular complexity index is 1130. The van der Waals surface area contributed by atoms with Crippen LogP contribution in [0.1, 0.15) is 53.3 Å². The number of benzene rings is 2. The number of rotatable bonds is 9. The van der Waals surface area contributed by atoms with Gasteiger partial charge in [-0.2, -0.15) is 13.2 Å². The van der Waals surface area contributed by atoms with Crippen LogP contribution < -0.4 is 5.32 Å². The molecule has 10 heteroatoms. The summed E-state index contributed by atoms with van der Waals surface area (Å²) in [4.78, 5) is 18.0. The number of nitrogens with one attached hydrogen (secondary N) is 1. The smallest absolute Gasteiger partial charge is 0.416 e. The molecular weight excluding hydrogens is 457 g/mol. The monoisotopic (exact) mass is 481 g/mol. The Morgan fingerprint density at radius 3 is 2.56 bits per heavy atom. The fourth-order valence-corrected chi connectivity index (χ4v) is 3.24. The zero-order valence-electron chi connectivity index (χ0n) is 18.6. The van der Waals surface area contributed by atoms with E-state index in [-0.39, 0.29) is 42.8 Å². The fraction of sp³-hybridized carbons (Fsp3) is 0.333. The lowest BCUT2D eigenvalue weighted by molar-refractivity contribution is -0.137. The highest BCUT2D eigenvalue weighted by Crippen LogP contribution is 2.30. The molecule has 0 aliphatic carbocycles. The number of carbonyl (C=O) groups is 1. The number of aromatic nitrogens is 1. The second-order valence-electron chi connectivity index (χ2n) is 7.99. The van der Waals surface area contributed by atoms with Crippen LogP contribution in [0, 0.1) is 11.6 Å². The van der Waals surface area contributed by atoms with Gasteiger partial charge in [0.2, 0.25) is 5.89 Å². The number of carbonyl (C=O) groups excluding carboxylic acids is 1. The lowest BCUT2D eigenvalue weighted by atomic mass is 10.1. The molecule has 182 valence electrons. The van der Waals surface area contributed by atoms with Gasteiger partial charge in [0.15, 0.2) is 5.69 Å². The van der Waals surface area contributed by atoms with Crippen LogP contribution in [0.5, 0.6) is 0 Å². The van der Waals surface area contributed by atoms with Gasteiger partial charge in [0.25, 0.3) is 5.91 Å². The van der Waals surface area contributed by atoms with Crippen LogP contribution in [0.25, 0.3) is 0 Å². The molecule has 0 saturated carbocycles. The molecule has 0 radical (unpaired) electrons. The standard InChI is InChI=1S/C24H24F5N3O2/c1-3-15(2)30-23(33)21-14-34-22(31-21)13-32(12-17-7-8-19(25)10-20(17)26)11-16-5-4-6-18(9-16)24(27,28)29/h4-10,14-15H,3,11-13H2,1-2H3,(H,30,33). The minimum absolute atomic E-state index is 0.00247. The number of oxazole rings is 1. The summed E-state index contributed by atoms with van der Waals surface area (Å²) in [5.74, 6) is -1.81. The first-order chi connectivity index (χ1) is 16.0. The average Bonchev–Trinajstić information content (AvgIpc) is 3.24. The van der Waals surface area contributed by atoms with Crippen molar-refractivity contribution in [3.8, 4) is 0 Å². The first-order valence-electron chi connectivity index (χ1n) is 10.6. The molecule has 1 heterocycles. The van der Waals surface area contributed by atoms with E-state index in [9.17, 15) is 26.7 Å². The van der Waals surface area contributed by atoms with Crippen molar-refractivity contribution in [2.75, 3.05) is 0 Å². The molecule has 0 fully saturated rings. The highest BCUT2D eigenvalue weighted by Gasteiger charge is 2.30. The van der Waals surface area contributed by atoms with Crippen LogP contribution in [-0.2, 0) is 25.8 Å². The quantitative estimate of drug-likeness (QED) is 0.398. The Hall–Kier alpha value is -3.27. The van der Waals surface area contributed by atoms with E-state index in [1.165, 1.54) is 24.5 Å². The second kappa shape index (κ2) is 10.8. The number of alkyl halides is 3. The molecule has 0 saturated heterocycles. The van der Waals surface area contributed by atoms with Crippen LogP contribution in [-0.4, -0.2) is 21.8 Å². The summed E-state index contributed by atoms with van der Waals surface area (Å²) in [6.45, 7) is 3.67. The topological polar surface area (TPSA) is 58.4 Å². The van der Waals surface area contributed by atoms with E-state index in [0.29, 0.717) is 5.56 Å². The number of halogens is 5. The number of nitrogens with zero attached hydrogens (tertiary/aromatic N) is 2. The molecule has 0 bridgehead atoms. The van der Waals surface area contributed by atoms with Gasteiger partial charge in [-0.05, 0) is 31.0 Å². The normalized spacial score (nSPS) is 12.7. The molecule has 3 aromatic rings. The van der Waals surface area contributed by atoms with Crippen molar-refractivity contribution < 1.29 is 31.2 Å². The van der Waals surface area contributed by atoms with E-state index in [2.05, 4.69) is 10.3 Å². The summed E-state index contributed by atoms with van der Waals surface area (Å²) in [6.07, 6.45) is -2.59. The lowest BCUT2D eigenvalue weighted by Gasteiger charge is -2.22. The summed E-state index contributed by atoms with van der Waals surface area (Å²) in [5.41, 5.74) is -0.270. The van der Waals surface area contributed by atoms with E-state index in [4.69, 9.17) is 4.42 Å². The molecule has 1 aromatic heterocycles. The van der Waals surface area contributed by atoms with Crippen molar-refractivity contribution >= 4 is 5.91 Å². The zero-order chi connectivity index (χ0) is 24.9. The van der Waals surface area contributed by atoms with E-state index in [1.54, 1.807) is 4.90 Å². The molecule has 0 aliphatic heterocycles. The van der Waals surface area contributed by atoms with E-state index in [0.717, 1.165) is 30.7 Å². The van der Waals surface area contributed by atoms with Crippen LogP contribution in [0.2, 0.25) is 0 Å². The third kappa shape index (κ3) is 6.86. The lowest BCUT2D eigenvalue weighted by Crippen LogP contribution is -2.32. The zero-order valence-corrected chi connectivity index (χ0v) is 18.6. The van der Waals surface area contributed by atoms with Gasteiger partial charge in [0.1, 0.15) is 17.9 Å². The Labute approximate surface area is 193 Å². The fourth-order valence-electron chi connectivity index (χ4n) is 3.24. The van der Waals surface area contributed by atoms with Gasteiger partial charge in [0.05, 0.1) is 12.1 Å². The van der Waals surface area contributed by atoms with Crippen molar-refractivity contribution in [1.82, 2.24) is 15.2 Å². The summed E-state index contributed by atoms with van der Waals surface area (Å²) in [6, 6.07) is 7.82. The van der Waals surface area contributed by atoms with Gasteiger partial charge in [-0.15, -0.1) is 0 Å². The molecule has 2 aromatic carbocycles. The van der Waals surface area contributed by atoms with Gasteiger partial charge in [0, 0.05) is 30.8 Å². The van der Waals surface area contributed by atoms with Gasteiger partial charge >= 0.3 is 6.18 Å². The molecule has 5 nitrogen and oxygen atoms in total. The minimum Gasteiger partial charge on any atom is -0.447 e. The number of hydrogen-bond acceptors (Lipinski definition) is 4. The molecule has 1 atom stereocenters. The molecule has 0 aliphatic rings. The van der Waals surface area contributed by atoms with Crippen molar-refractivity contribution in [1.29, 1.82) is 0 Å². The average molecular weight is 481 g/mol. The van der Waals surface area contributed by atoms with Crippen LogP contribution >= 0.6 is 0 Å². The first-order valence-corrected chi connectivity index (χ1v) is 10.6. The van der Waals surface area contributed by atoms with Crippen molar-refractivity contribution in [2.24, 2.45) is 0 Å². The SMILES string of the molecule is CCC(C)NC(=O)c1coc(CN(Cc2cccc(C(F)(F)F)c2)Cc2ccc(F)cc2F)n1. The van der Waals surface area contributed by atoms with Crippen LogP contribution in [0.15, 0.2) is 53.1 Å². The van der Waals surface area contributed by atoms with E-state index >= 15 is 0 Å². The van der Waals surface area contributed by atoms with Crippen LogP contribution in [0.3, 0.4) is 0 Å². The Kier molecular flexibility index (Phi) is 8.03. The van der Waals surface area contributed by atoms with E-state index < -0.39 is 29.3 Å². The Morgan fingerprint density at radius 1 is 1.12 bits per heavy atom. The molecule has 1 N–H and O–H groups in total. The second-order valence-corrected chi connectivity index (χ2v) is 7.99. The maximum absolute atomic E-state index is 14.3. The molecule has 1 unspecified atom stereocenters. The molecule has 34 heavy (non-hydrogen) atoms. The number of hydrogen-bond donors (Lipinski definition) is 1. The predicted molar refractivity (Wildman–Crippen MR) is 114 cm³/mol. The predicted octanol–water partition coefficient (Wildman–Crippen LogP) is 5.70. The summed E-state index contributed by atoms with van der Waals surface area (Å²) in [7, 11) is 0. The Morgan fingerprint density at radius 2 is 1.88 bits per heavy atom. The summed E-state index contributed by atoms with van der Waals surface area (Å²) < 4.78 is 72.3. The highest BCUT2D eigenvalue weighted by molar-refractivity contribution is 5.92. The largest absolute Gasteiger partial charge is 0.447 e. The maximum Gasteiger partial charge on any atom is 0.416 e. The maximum atomic E-state index is 14.3. The third-order valence-electron chi connectivity index (χ3n) is 5.20. The van der Waals surface area contributed by atoms with Gasteiger partial charge in [-0.1, -0.05) is 31.2 Å². The number of amides is 1. The highest BCUT2D eigenvalue weighted by atomic mass is 19.4. The summed E-state index contributed by atoms with van der Waals surface area (Å²) in [5, 5.41) is 2.76. The Balaban J connectivity index is 1.83. The van der Waals surface area contributed by atoms with Crippen molar-refractivity contribution in [3.63, 3.8) is 0 Å². The molecule has 3 rings (SSSR count). The third-order valence-corrected chi connectivity index (χ3v) is 5.20. The van der Waals surface area contributed by atoms with Gasteiger partial charge < -0.3 is 9.73 Å². The van der Waals surface area contributed by atoms with Gasteiger partial charge in [-0.3, -0.25) is 9.69 Å². The molecular formula is C24H24F5N3O2. The van der Waals surface area contributed by atoms with Crippen molar-refractivity contribution in [3.05, 3.63) is 88.6 Å². The van der Waals surface area contributed by atoms with Crippen molar-refractivity contribution in [2.45, 2.75) is 52.1 Å². The van der Waals surface area contributed by atoms with Gasteiger partial charge in [-0.25, -0.2) is 13.8 Å². The van der Waals surface area contributed by atoms with E-state index in [1.807, 2.05) is 13.8 Å². The summed E-state index contributed by atoms with van der Waals surface area (Å²) >= 11 is 0. The molecule has 1 amide bonds.